The van der Waals surface area contributed by atoms with Crippen LogP contribution in [0.2, 0.25) is 0 Å². The minimum atomic E-state index is 0.550. The Labute approximate surface area is 314 Å². The molecule has 0 amide bonds. The molecule has 6 nitrogen and oxygen atoms in total. The van der Waals surface area contributed by atoms with E-state index in [0.29, 0.717) is 17.6 Å². The van der Waals surface area contributed by atoms with Crippen molar-refractivity contribution in [2.75, 3.05) is 0 Å². The molecule has 4 aromatic heterocycles. The first-order chi connectivity index (χ1) is 27.3. The molecule has 0 N–H and O–H groups in total. The standard InChI is InChI=1S/C49H29N5O/c1-2-14-34(15-3-1)53-41-19-9-6-16-35(41)38-25-26-39-36-17-7-10-20-42(36)54(46(39)45(38)53)49-51-47(32-23-22-30-12-4-5-13-31(30)28-32)50-48(52-49)33-24-27-44-40(29-33)37-18-8-11-21-43(37)55-44/h1-29H. The maximum atomic E-state index is 6.21. The van der Waals surface area contributed by atoms with Crippen molar-refractivity contribution < 1.29 is 4.42 Å². The molecule has 0 radical (unpaired) electrons. The predicted octanol–water partition coefficient (Wildman–Crippen LogP) is 12.5. The number of aromatic nitrogens is 5. The van der Waals surface area contributed by atoms with Crippen LogP contribution in [0.4, 0.5) is 0 Å². The van der Waals surface area contributed by atoms with Crippen molar-refractivity contribution in [3.63, 3.8) is 0 Å². The van der Waals surface area contributed by atoms with Gasteiger partial charge in [-0.3, -0.25) is 4.57 Å². The van der Waals surface area contributed by atoms with Crippen LogP contribution in [-0.4, -0.2) is 24.1 Å². The molecule has 12 rings (SSSR count). The summed E-state index contributed by atoms with van der Waals surface area (Å²) in [5.41, 5.74) is 8.87. The number of fused-ring (bicyclic) bond motifs is 11. The molecule has 0 unspecified atom stereocenters. The number of nitrogens with zero attached hydrogens (tertiary/aromatic N) is 5. The molecule has 4 heterocycles. The van der Waals surface area contributed by atoms with E-state index in [1.54, 1.807) is 0 Å². The van der Waals surface area contributed by atoms with Crippen LogP contribution in [0.3, 0.4) is 0 Å². The highest BCUT2D eigenvalue weighted by molar-refractivity contribution is 6.23. The first-order valence-electron chi connectivity index (χ1n) is 18.4. The molecular weight excluding hydrogens is 675 g/mol. The van der Waals surface area contributed by atoms with Crippen molar-refractivity contribution >= 4 is 76.3 Å². The summed E-state index contributed by atoms with van der Waals surface area (Å²) >= 11 is 0. The van der Waals surface area contributed by atoms with E-state index in [0.717, 1.165) is 87.8 Å². The summed E-state index contributed by atoms with van der Waals surface area (Å²) in [6.45, 7) is 0. The van der Waals surface area contributed by atoms with Gasteiger partial charge >= 0.3 is 0 Å². The summed E-state index contributed by atoms with van der Waals surface area (Å²) in [6, 6.07) is 61.5. The zero-order chi connectivity index (χ0) is 36.0. The Hall–Kier alpha value is -7.57. The molecule has 0 spiro atoms. The number of hydrogen-bond acceptors (Lipinski definition) is 4. The Bertz CT molecular complexity index is 3500. The fourth-order valence-electron chi connectivity index (χ4n) is 8.47. The van der Waals surface area contributed by atoms with E-state index in [4.69, 9.17) is 19.4 Å². The Morgan fingerprint density at radius 1 is 0.364 bits per heavy atom. The highest BCUT2D eigenvalue weighted by Crippen LogP contribution is 2.42. The van der Waals surface area contributed by atoms with Gasteiger partial charge in [0.2, 0.25) is 5.95 Å². The average molecular weight is 704 g/mol. The molecular formula is C49H29N5O. The maximum absolute atomic E-state index is 6.21. The topological polar surface area (TPSA) is 61.7 Å². The quantitative estimate of drug-likeness (QED) is 0.183. The van der Waals surface area contributed by atoms with E-state index in [1.807, 2.05) is 30.3 Å². The lowest BCUT2D eigenvalue weighted by molar-refractivity contribution is 0.669. The van der Waals surface area contributed by atoms with Crippen molar-refractivity contribution in [2.24, 2.45) is 0 Å². The molecule has 0 fully saturated rings. The predicted molar refractivity (Wildman–Crippen MR) is 224 cm³/mol. The SMILES string of the molecule is c1ccc(-n2c3ccccc3c3ccc4c5ccccc5n(-c5nc(-c6ccc7ccccc7c6)nc(-c6ccc7oc8ccccc8c7c6)n5)c4c32)cc1. The van der Waals surface area contributed by atoms with Crippen molar-refractivity contribution in [1.29, 1.82) is 0 Å². The summed E-state index contributed by atoms with van der Waals surface area (Å²) in [7, 11) is 0. The van der Waals surface area contributed by atoms with Crippen LogP contribution in [0.5, 0.6) is 0 Å². The lowest BCUT2D eigenvalue weighted by atomic mass is 10.1. The normalized spacial score (nSPS) is 12.0. The number of benzene rings is 8. The van der Waals surface area contributed by atoms with E-state index >= 15 is 0 Å². The van der Waals surface area contributed by atoms with Crippen molar-refractivity contribution in [1.82, 2.24) is 24.1 Å². The molecule has 0 saturated carbocycles. The van der Waals surface area contributed by atoms with Gasteiger partial charge in [-0.25, -0.2) is 4.98 Å². The minimum absolute atomic E-state index is 0.550. The first kappa shape index (κ1) is 29.9. The summed E-state index contributed by atoms with van der Waals surface area (Å²) in [4.78, 5) is 15.9. The number of rotatable bonds is 4. The van der Waals surface area contributed by atoms with E-state index < -0.39 is 0 Å². The van der Waals surface area contributed by atoms with E-state index in [9.17, 15) is 0 Å². The second-order valence-corrected chi connectivity index (χ2v) is 14.1. The smallest absolute Gasteiger partial charge is 0.238 e. The largest absolute Gasteiger partial charge is 0.456 e. The van der Waals surface area contributed by atoms with Gasteiger partial charge in [0.1, 0.15) is 11.2 Å². The second kappa shape index (κ2) is 11.5. The zero-order valence-electron chi connectivity index (χ0n) is 29.4. The van der Waals surface area contributed by atoms with Gasteiger partial charge in [-0.1, -0.05) is 121 Å². The van der Waals surface area contributed by atoms with Gasteiger partial charge in [0, 0.05) is 49.1 Å². The number of hydrogen-bond donors (Lipinski definition) is 0. The fraction of sp³-hybridized carbons (Fsp3) is 0. The molecule has 0 aliphatic heterocycles. The fourth-order valence-corrected chi connectivity index (χ4v) is 8.47. The number of furan rings is 1. The summed E-state index contributed by atoms with van der Waals surface area (Å²) in [5, 5.41) is 8.98. The van der Waals surface area contributed by atoms with Crippen LogP contribution in [0.25, 0.3) is 111 Å². The summed E-state index contributed by atoms with van der Waals surface area (Å²) < 4.78 is 10.8. The van der Waals surface area contributed by atoms with Gasteiger partial charge in [0.15, 0.2) is 11.6 Å². The highest BCUT2D eigenvalue weighted by Gasteiger charge is 2.23. The molecule has 6 heteroatoms. The van der Waals surface area contributed by atoms with Crippen LogP contribution in [0.1, 0.15) is 0 Å². The molecule has 12 aromatic rings. The zero-order valence-corrected chi connectivity index (χ0v) is 29.4. The average Bonchev–Trinajstić information content (AvgIpc) is 3.91. The Kier molecular flexibility index (Phi) is 6.24. The van der Waals surface area contributed by atoms with Gasteiger partial charge in [0.05, 0.1) is 22.1 Å². The summed E-state index contributed by atoms with van der Waals surface area (Å²) in [5.74, 6) is 1.74. The highest BCUT2D eigenvalue weighted by atomic mass is 16.3. The lowest BCUT2D eigenvalue weighted by Crippen LogP contribution is -2.07. The van der Waals surface area contributed by atoms with Crippen LogP contribution >= 0.6 is 0 Å². The van der Waals surface area contributed by atoms with Crippen LogP contribution in [0, 0.1) is 0 Å². The molecule has 0 saturated heterocycles. The van der Waals surface area contributed by atoms with Crippen LogP contribution < -0.4 is 0 Å². The monoisotopic (exact) mass is 703 g/mol. The van der Waals surface area contributed by atoms with E-state index in [2.05, 4.69) is 155 Å². The third-order valence-corrected chi connectivity index (χ3v) is 10.9. The summed E-state index contributed by atoms with van der Waals surface area (Å²) in [6.07, 6.45) is 0. The van der Waals surface area contributed by atoms with Gasteiger partial charge in [-0.15, -0.1) is 0 Å². The van der Waals surface area contributed by atoms with Gasteiger partial charge in [0.25, 0.3) is 0 Å². The van der Waals surface area contributed by atoms with E-state index in [-0.39, 0.29) is 0 Å². The molecule has 0 atom stereocenters. The second-order valence-electron chi connectivity index (χ2n) is 14.1. The molecule has 8 aromatic carbocycles. The molecule has 256 valence electrons. The van der Waals surface area contributed by atoms with Gasteiger partial charge < -0.3 is 8.98 Å². The van der Waals surface area contributed by atoms with E-state index in [1.165, 1.54) is 5.39 Å². The van der Waals surface area contributed by atoms with Gasteiger partial charge in [-0.2, -0.15) is 9.97 Å². The lowest BCUT2D eigenvalue weighted by Gasteiger charge is -2.13. The third-order valence-electron chi connectivity index (χ3n) is 10.9. The van der Waals surface area contributed by atoms with Crippen molar-refractivity contribution in [3.05, 3.63) is 176 Å². The molecule has 0 aliphatic rings. The van der Waals surface area contributed by atoms with Crippen molar-refractivity contribution in [2.45, 2.75) is 0 Å². The third kappa shape index (κ3) is 4.46. The number of para-hydroxylation sites is 4. The van der Waals surface area contributed by atoms with Crippen LogP contribution in [-0.2, 0) is 0 Å². The molecule has 0 aliphatic carbocycles. The van der Waals surface area contributed by atoms with Crippen LogP contribution in [0.15, 0.2) is 180 Å². The van der Waals surface area contributed by atoms with Gasteiger partial charge in [-0.05, 0) is 65.4 Å². The Morgan fingerprint density at radius 2 is 0.927 bits per heavy atom. The minimum Gasteiger partial charge on any atom is -0.456 e. The maximum Gasteiger partial charge on any atom is 0.238 e. The molecule has 0 bridgehead atoms. The molecule has 55 heavy (non-hydrogen) atoms. The van der Waals surface area contributed by atoms with Crippen molar-refractivity contribution in [3.8, 4) is 34.4 Å². The Morgan fingerprint density at radius 3 is 1.69 bits per heavy atom. The Balaban J connectivity index is 1.21. The first-order valence-corrected chi connectivity index (χ1v) is 18.4.